The monoisotopic (exact) mass is 155 g/mol. The first-order chi connectivity index (χ1) is 5.07. The Morgan fingerprint density at radius 1 is 1.64 bits per heavy atom. The van der Waals surface area contributed by atoms with Gasteiger partial charge in [-0.3, -0.25) is 4.79 Å². The van der Waals surface area contributed by atoms with Gasteiger partial charge in [0.1, 0.15) is 5.78 Å². The van der Waals surface area contributed by atoms with Gasteiger partial charge in [-0.2, -0.15) is 0 Å². The van der Waals surface area contributed by atoms with Crippen molar-refractivity contribution < 1.29 is 4.79 Å². The van der Waals surface area contributed by atoms with Gasteiger partial charge in [-0.05, 0) is 6.42 Å². The van der Waals surface area contributed by atoms with Gasteiger partial charge in [-0.1, -0.05) is 20.4 Å². The second-order valence-electron chi connectivity index (χ2n) is 2.97. The Kier molecular flexibility index (Phi) is 4.59. The number of ketones is 1. The molecule has 2 nitrogen and oxygen atoms in total. The molecular formula is C9H17NO. The summed E-state index contributed by atoms with van der Waals surface area (Å²) >= 11 is 0. The summed E-state index contributed by atoms with van der Waals surface area (Å²) in [5.41, 5.74) is 6.04. The number of Topliss-reactive ketones (excluding diaryl/α,β-unsaturated/α-hetero) is 1. The lowest BCUT2D eigenvalue weighted by atomic mass is 10.0. The molecule has 11 heavy (non-hydrogen) atoms. The average Bonchev–Trinajstić information content (AvgIpc) is 1.87. The third-order valence-electron chi connectivity index (χ3n) is 1.70. The Morgan fingerprint density at radius 2 is 2.18 bits per heavy atom. The first-order valence-electron chi connectivity index (χ1n) is 4.03. The van der Waals surface area contributed by atoms with Crippen LogP contribution in [0.2, 0.25) is 0 Å². The van der Waals surface area contributed by atoms with Crippen LogP contribution in [0.1, 0.15) is 33.1 Å². The van der Waals surface area contributed by atoms with Gasteiger partial charge >= 0.3 is 0 Å². The molecule has 1 atom stereocenters. The normalized spacial score (nSPS) is 12.5. The van der Waals surface area contributed by atoms with Crippen molar-refractivity contribution >= 4 is 5.78 Å². The summed E-state index contributed by atoms with van der Waals surface area (Å²) in [7, 11) is 0. The highest BCUT2D eigenvalue weighted by Gasteiger charge is 2.08. The third-order valence-corrected chi connectivity index (χ3v) is 1.70. The molecule has 0 heterocycles. The maximum Gasteiger partial charge on any atom is 0.133 e. The topological polar surface area (TPSA) is 43.1 Å². The van der Waals surface area contributed by atoms with Crippen LogP contribution in [0.15, 0.2) is 12.3 Å². The van der Waals surface area contributed by atoms with Crippen LogP contribution >= 0.6 is 0 Å². The van der Waals surface area contributed by atoms with Crippen LogP contribution in [0.25, 0.3) is 0 Å². The Balaban J connectivity index is 3.66. The first-order valence-corrected chi connectivity index (χ1v) is 4.03. The van der Waals surface area contributed by atoms with Crippen LogP contribution in [0.5, 0.6) is 0 Å². The van der Waals surface area contributed by atoms with Crippen molar-refractivity contribution in [2.24, 2.45) is 11.7 Å². The van der Waals surface area contributed by atoms with Crippen molar-refractivity contribution in [3.05, 3.63) is 12.3 Å². The lowest BCUT2D eigenvalue weighted by molar-refractivity contribution is -0.119. The number of hydrogen-bond donors (Lipinski definition) is 1. The van der Waals surface area contributed by atoms with E-state index in [1.165, 1.54) is 0 Å². The molecule has 0 fully saturated rings. The molecule has 0 aliphatic heterocycles. The smallest absolute Gasteiger partial charge is 0.133 e. The summed E-state index contributed by atoms with van der Waals surface area (Å²) < 4.78 is 0. The van der Waals surface area contributed by atoms with E-state index in [4.69, 9.17) is 5.73 Å². The van der Waals surface area contributed by atoms with Gasteiger partial charge in [0.05, 0.1) is 0 Å². The predicted octanol–water partition coefficient (Wildman–Crippen LogP) is 1.85. The van der Waals surface area contributed by atoms with Gasteiger partial charge in [0.2, 0.25) is 0 Å². The number of allylic oxidation sites excluding steroid dienone is 1. The van der Waals surface area contributed by atoms with E-state index in [-0.39, 0.29) is 11.7 Å². The van der Waals surface area contributed by atoms with E-state index in [0.717, 1.165) is 6.42 Å². The fraction of sp³-hybridized carbons (Fsp3) is 0.667. The maximum absolute atomic E-state index is 11.1. The maximum atomic E-state index is 11.1. The van der Waals surface area contributed by atoms with Crippen molar-refractivity contribution in [3.63, 3.8) is 0 Å². The van der Waals surface area contributed by atoms with E-state index in [9.17, 15) is 4.79 Å². The summed E-state index contributed by atoms with van der Waals surface area (Å²) in [6, 6.07) is 0. The van der Waals surface area contributed by atoms with Crippen molar-refractivity contribution in [1.82, 2.24) is 0 Å². The molecule has 0 amide bonds. The van der Waals surface area contributed by atoms with Gasteiger partial charge in [-0.25, -0.2) is 0 Å². The van der Waals surface area contributed by atoms with Crippen molar-refractivity contribution in [2.75, 3.05) is 0 Å². The van der Waals surface area contributed by atoms with E-state index < -0.39 is 0 Å². The second kappa shape index (κ2) is 4.94. The Bertz CT molecular complexity index is 152. The number of hydrogen-bond acceptors (Lipinski definition) is 2. The van der Waals surface area contributed by atoms with Crippen molar-refractivity contribution in [2.45, 2.75) is 33.1 Å². The minimum Gasteiger partial charge on any atom is -0.402 e. The summed E-state index contributed by atoms with van der Waals surface area (Å²) in [6.45, 7) is 7.52. The lowest BCUT2D eigenvalue weighted by Gasteiger charge is -2.08. The molecule has 64 valence electrons. The summed E-state index contributed by atoms with van der Waals surface area (Å²) in [4.78, 5) is 11.1. The van der Waals surface area contributed by atoms with Crippen LogP contribution in [-0.4, -0.2) is 5.78 Å². The quantitative estimate of drug-likeness (QED) is 0.658. The molecule has 0 aromatic carbocycles. The van der Waals surface area contributed by atoms with Gasteiger partial charge in [-0.15, -0.1) is 0 Å². The molecular weight excluding hydrogens is 138 g/mol. The van der Waals surface area contributed by atoms with E-state index in [1.54, 1.807) is 0 Å². The van der Waals surface area contributed by atoms with Crippen LogP contribution in [0.4, 0.5) is 0 Å². The third kappa shape index (κ3) is 4.59. The van der Waals surface area contributed by atoms with Gasteiger partial charge in [0, 0.05) is 24.5 Å². The molecule has 0 radical (unpaired) electrons. The zero-order chi connectivity index (χ0) is 8.85. The van der Waals surface area contributed by atoms with Crippen LogP contribution in [-0.2, 0) is 4.79 Å². The highest BCUT2D eigenvalue weighted by atomic mass is 16.1. The molecule has 0 spiro atoms. The molecule has 0 aliphatic rings. The first kappa shape index (κ1) is 10.2. The number of nitrogens with two attached hydrogens (primary N) is 1. The standard InChI is InChI=1S/C9H17NO/c1-4-5-9(11)6-7(2)8(3)10/h7H,3-6,10H2,1-2H3. The van der Waals surface area contributed by atoms with E-state index in [1.807, 2.05) is 13.8 Å². The average molecular weight is 155 g/mol. The highest BCUT2D eigenvalue weighted by Crippen LogP contribution is 2.09. The van der Waals surface area contributed by atoms with Crippen LogP contribution in [0, 0.1) is 5.92 Å². The van der Waals surface area contributed by atoms with E-state index in [2.05, 4.69) is 6.58 Å². The molecule has 0 aliphatic carbocycles. The molecule has 2 heteroatoms. The molecule has 0 saturated heterocycles. The molecule has 2 N–H and O–H groups in total. The van der Waals surface area contributed by atoms with Gasteiger partial charge < -0.3 is 5.73 Å². The zero-order valence-electron chi connectivity index (χ0n) is 7.39. The fourth-order valence-electron chi connectivity index (χ4n) is 0.854. The Hall–Kier alpha value is -0.790. The molecule has 0 bridgehead atoms. The van der Waals surface area contributed by atoms with Gasteiger partial charge in [0.25, 0.3) is 0 Å². The van der Waals surface area contributed by atoms with Crippen molar-refractivity contribution in [3.8, 4) is 0 Å². The van der Waals surface area contributed by atoms with Crippen molar-refractivity contribution in [1.29, 1.82) is 0 Å². The molecule has 0 aromatic heterocycles. The van der Waals surface area contributed by atoms with E-state index >= 15 is 0 Å². The summed E-state index contributed by atoms with van der Waals surface area (Å²) in [5, 5.41) is 0. The summed E-state index contributed by atoms with van der Waals surface area (Å²) in [6.07, 6.45) is 2.13. The van der Waals surface area contributed by atoms with Crippen LogP contribution < -0.4 is 5.73 Å². The minimum atomic E-state index is 0.133. The number of carbonyl (C=O) groups is 1. The molecule has 0 saturated carbocycles. The van der Waals surface area contributed by atoms with Crippen LogP contribution in [0.3, 0.4) is 0 Å². The Morgan fingerprint density at radius 3 is 2.55 bits per heavy atom. The zero-order valence-corrected chi connectivity index (χ0v) is 7.39. The Labute approximate surface area is 68.5 Å². The SMILES string of the molecule is C=C(N)C(C)CC(=O)CCC. The molecule has 0 rings (SSSR count). The largest absolute Gasteiger partial charge is 0.402 e. The van der Waals surface area contributed by atoms with Gasteiger partial charge in [0.15, 0.2) is 0 Å². The molecule has 1 unspecified atom stereocenters. The second-order valence-corrected chi connectivity index (χ2v) is 2.97. The number of carbonyl (C=O) groups excluding carboxylic acids is 1. The summed E-state index contributed by atoms with van der Waals surface area (Å²) in [5.74, 6) is 0.417. The number of rotatable bonds is 5. The molecule has 0 aromatic rings. The fourth-order valence-corrected chi connectivity index (χ4v) is 0.854. The lowest BCUT2D eigenvalue weighted by Crippen LogP contribution is -2.11. The van der Waals surface area contributed by atoms with E-state index in [0.29, 0.717) is 18.5 Å². The minimum absolute atomic E-state index is 0.133. The highest BCUT2D eigenvalue weighted by molar-refractivity contribution is 5.78. The predicted molar refractivity (Wildman–Crippen MR) is 47.0 cm³/mol.